The number of likely N-dealkylation sites (tertiary alicyclic amines) is 1. The summed E-state index contributed by atoms with van der Waals surface area (Å²) in [5.41, 5.74) is 0. The molecule has 1 heterocycles. The molecule has 102 valence electrons. The number of hydrogen-bond acceptors (Lipinski definition) is 3. The van der Waals surface area contributed by atoms with E-state index in [1.165, 1.54) is 50.4 Å². The van der Waals surface area contributed by atoms with Gasteiger partial charge in [0.15, 0.2) is 0 Å². The summed E-state index contributed by atoms with van der Waals surface area (Å²) in [4.78, 5) is 2.71. The van der Waals surface area contributed by atoms with Gasteiger partial charge in [-0.15, -0.1) is 0 Å². The van der Waals surface area contributed by atoms with E-state index in [1.807, 2.05) is 0 Å². The largest absolute Gasteiger partial charge is 0.315 e. The smallest absolute Gasteiger partial charge is 0.0220 e. The fraction of sp³-hybridized carbons (Fsp3) is 1.00. The first-order valence-corrected chi connectivity index (χ1v) is 8.42. The Morgan fingerprint density at radius 1 is 1.35 bits per heavy atom. The molecule has 3 heteroatoms. The monoisotopic (exact) mass is 258 g/mol. The van der Waals surface area contributed by atoms with E-state index in [4.69, 9.17) is 0 Å². The minimum absolute atomic E-state index is 0.766. The third-order valence-corrected chi connectivity index (χ3v) is 4.29. The molecule has 1 fully saturated rings. The highest BCUT2D eigenvalue weighted by Crippen LogP contribution is 2.17. The minimum atomic E-state index is 0.766. The first-order valence-electron chi connectivity index (χ1n) is 7.26. The van der Waals surface area contributed by atoms with Crippen LogP contribution in [0.1, 0.15) is 40.0 Å². The molecular formula is C14H30N2S. The van der Waals surface area contributed by atoms with Crippen LogP contribution in [0.3, 0.4) is 0 Å². The van der Waals surface area contributed by atoms with Crippen LogP contribution in [0.25, 0.3) is 0 Å². The van der Waals surface area contributed by atoms with Gasteiger partial charge in [0.05, 0.1) is 0 Å². The number of thioether (sulfide) groups is 1. The lowest BCUT2D eigenvalue weighted by Gasteiger charge is -2.36. The fourth-order valence-corrected chi connectivity index (χ4v) is 3.10. The zero-order valence-corrected chi connectivity index (χ0v) is 12.7. The number of nitrogens with one attached hydrogen (secondary N) is 1. The Labute approximate surface area is 112 Å². The Hall–Kier alpha value is 0.270. The van der Waals surface area contributed by atoms with Gasteiger partial charge in [-0.05, 0) is 37.6 Å². The van der Waals surface area contributed by atoms with Crippen molar-refractivity contribution >= 4 is 11.8 Å². The third-order valence-electron chi connectivity index (χ3n) is 3.41. The zero-order valence-electron chi connectivity index (χ0n) is 11.9. The topological polar surface area (TPSA) is 15.3 Å². The van der Waals surface area contributed by atoms with E-state index in [9.17, 15) is 0 Å². The van der Waals surface area contributed by atoms with Crippen LogP contribution in [0.15, 0.2) is 0 Å². The second kappa shape index (κ2) is 9.23. The average Bonchev–Trinajstić information content (AvgIpc) is 2.31. The highest BCUT2D eigenvalue weighted by atomic mass is 32.2. The SMILES string of the molecule is CCSCCN1CCCCC1CNCC(C)C. The molecule has 0 aromatic carbocycles. The number of hydrogen-bond donors (Lipinski definition) is 1. The van der Waals surface area contributed by atoms with Gasteiger partial charge in [0.2, 0.25) is 0 Å². The fourth-order valence-electron chi connectivity index (χ4n) is 2.45. The van der Waals surface area contributed by atoms with Crippen LogP contribution < -0.4 is 5.32 Å². The van der Waals surface area contributed by atoms with Crippen molar-refractivity contribution in [3.63, 3.8) is 0 Å². The van der Waals surface area contributed by atoms with E-state index in [2.05, 4.69) is 42.7 Å². The minimum Gasteiger partial charge on any atom is -0.315 e. The van der Waals surface area contributed by atoms with Gasteiger partial charge in [0.1, 0.15) is 0 Å². The standard InChI is InChI=1S/C14H30N2S/c1-4-17-10-9-16-8-6-5-7-14(16)12-15-11-13(2)3/h13-15H,4-12H2,1-3H3. The lowest BCUT2D eigenvalue weighted by Crippen LogP contribution is -2.46. The van der Waals surface area contributed by atoms with Crippen molar-refractivity contribution in [2.45, 2.75) is 46.1 Å². The quantitative estimate of drug-likeness (QED) is 0.674. The summed E-state index contributed by atoms with van der Waals surface area (Å²) in [6.45, 7) is 11.8. The molecule has 0 aliphatic carbocycles. The zero-order chi connectivity index (χ0) is 12.5. The van der Waals surface area contributed by atoms with Gasteiger partial charge in [-0.2, -0.15) is 11.8 Å². The maximum absolute atomic E-state index is 3.63. The van der Waals surface area contributed by atoms with Crippen molar-refractivity contribution < 1.29 is 0 Å². The van der Waals surface area contributed by atoms with Gasteiger partial charge in [-0.25, -0.2) is 0 Å². The Kier molecular flexibility index (Phi) is 8.33. The molecule has 1 aliphatic rings. The molecule has 17 heavy (non-hydrogen) atoms. The summed E-state index contributed by atoms with van der Waals surface area (Å²) < 4.78 is 0. The van der Waals surface area contributed by atoms with Crippen LogP contribution >= 0.6 is 11.8 Å². The van der Waals surface area contributed by atoms with Gasteiger partial charge in [-0.3, -0.25) is 4.90 Å². The summed E-state index contributed by atoms with van der Waals surface area (Å²) in [7, 11) is 0. The van der Waals surface area contributed by atoms with E-state index in [0.717, 1.165) is 18.5 Å². The van der Waals surface area contributed by atoms with Gasteiger partial charge in [0.25, 0.3) is 0 Å². The molecule has 0 aromatic heterocycles. The third kappa shape index (κ3) is 6.68. The van der Waals surface area contributed by atoms with Crippen molar-refractivity contribution in [1.82, 2.24) is 10.2 Å². The Bertz CT molecular complexity index is 185. The predicted molar refractivity (Wildman–Crippen MR) is 79.9 cm³/mol. The lowest BCUT2D eigenvalue weighted by atomic mass is 10.0. The summed E-state index contributed by atoms with van der Waals surface area (Å²) >= 11 is 2.07. The number of piperidine rings is 1. The molecule has 0 radical (unpaired) electrons. The molecule has 2 nitrogen and oxygen atoms in total. The Morgan fingerprint density at radius 2 is 2.18 bits per heavy atom. The summed E-state index contributed by atoms with van der Waals surface area (Å²) in [6.07, 6.45) is 4.21. The van der Waals surface area contributed by atoms with Crippen LogP contribution in [-0.4, -0.2) is 48.6 Å². The highest BCUT2D eigenvalue weighted by Gasteiger charge is 2.21. The molecule has 0 spiro atoms. The van der Waals surface area contributed by atoms with Gasteiger partial charge in [-0.1, -0.05) is 27.2 Å². The van der Waals surface area contributed by atoms with E-state index >= 15 is 0 Å². The van der Waals surface area contributed by atoms with Crippen molar-refractivity contribution in [3.05, 3.63) is 0 Å². The van der Waals surface area contributed by atoms with Crippen LogP contribution in [-0.2, 0) is 0 Å². The Morgan fingerprint density at radius 3 is 2.88 bits per heavy atom. The Balaban J connectivity index is 2.22. The molecule has 1 atom stereocenters. The molecule has 1 aliphatic heterocycles. The van der Waals surface area contributed by atoms with Gasteiger partial charge < -0.3 is 5.32 Å². The predicted octanol–water partition coefficient (Wildman–Crippen LogP) is 2.84. The molecule has 1 N–H and O–H groups in total. The van der Waals surface area contributed by atoms with Crippen LogP contribution in [0.2, 0.25) is 0 Å². The van der Waals surface area contributed by atoms with Crippen LogP contribution in [0.4, 0.5) is 0 Å². The van der Waals surface area contributed by atoms with Crippen LogP contribution in [0, 0.1) is 5.92 Å². The normalized spacial score (nSPS) is 22.2. The first kappa shape index (κ1) is 15.3. The van der Waals surface area contributed by atoms with E-state index < -0.39 is 0 Å². The van der Waals surface area contributed by atoms with Gasteiger partial charge >= 0.3 is 0 Å². The summed E-state index contributed by atoms with van der Waals surface area (Å²) in [5, 5.41) is 3.63. The summed E-state index contributed by atoms with van der Waals surface area (Å²) in [5.74, 6) is 3.32. The second-order valence-electron chi connectivity index (χ2n) is 5.43. The number of nitrogens with zero attached hydrogens (tertiary/aromatic N) is 1. The molecule has 1 rings (SSSR count). The van der Waals surface area contributed by atoms with Crippen molar-refractivity contribution in [1.29, 1.82) is 0 Å². The molecule has 0 amide bonds. The van der Waals surface area contributed by atoms with Crippen molar-refractivity contribution in [3.8, 4) is 0 Å². The van der Waals surface area contributed by atoms with E-state index in [0.29, 0.717) is 0 Å². The molecular weight excluding hydrogens is 228 g/mol. The van der Waals surface area contributed by atoms with Crippen molar-refractivity contribution in [2.75, 3.05) is 37.7 Å². The lowest BCUT2D eigenvalue weighted by molar-refractivity contribution is 0.154. The maximum atomic E-state index is 3.63. The molecule has 0 bridgehead atoms. The molecule has 1 unspecified atom stereocenters. The van der Waals surface area contributed by atoms with E-state index in [-0.39, 0.29) is 0 Å². The second-order valence-corrected chi connectivity index (χ2v) is 6.83. The van der Waals surface area contributed by atoms with Gasteiger partial charge in [0, 0.05) is 24.9 Å². The first-order chi connectivity index (χ1) is 8.24. The summed E-state index contributed by atoms with van der Waals surface area (Å²) in [6, 6.07) is 0.792. The van der Waals surface area contributed by atoms with Crippen LogP contribution in [0.5, 0.6) is 0 Å². The average molecular weight is 258 g/mol. The molecule has 0 saturated carbocycles. The van der Waals surface area contributed by atoms with E-state index in [1.54, 1.807) is 0 Å². The molecule has 1 saturated heterocycles. The number of rotatable bonds is 8. The maximum Gasteiger partial charge on any atom is 0.0220 e. The highest BCUT2D eigenvalue weighted by molar-refractivity contribution is 7.99. The van der Waals surface area contributed by atoms with Crippen molar-refractivity contribution in [2.24, 2.45) is 5.92 Å². The molecule has 0 aromatic rings.